The summed E-state index contributed by atoms with van der Waals surface area (Å²) in [5, 5.41) is 0. The third-order valence-corrected chi connectivity index (χ3v) is 1.98. The molecule has 1 heterocycles. The van der Waals surface area contributed by atoms with E-state index < -0.39 is 0 Å². The van der Waals surface area contributed by atoms with Crippen molar-refractivity contribution in [3.63, 3.8) is 0 Å². The third-order valence-electron chi connectivity index (χ3n) is 1.98. The Morgan fingerprint density at radius 2 is 2.31 bits per heavy atom. The van der Waals surface area contributed by atoms with Crippen LogP contribution in [0.15, 0.2) is 0 Å². The molecule has 0 amide bonds. The van der Waals surface area contributed by atoms with Crippen molar-refractivity contribution in [1.29, 1.82) is 0 Å². The molecule has 1 fully saturated rings. The molecule has 76 valence electrons. The molecule has 0 saturated carbocycles. The monoisotopic (exact) mass is 186 g/mol. The SMILES string of the molecule is CC(C)CC(=O)OC1CCCCO1. The molecular weight excluding hydrogens is 168 g/mol. The highest BCUT2D eigenvalue weighted by Gasteiger charge is 2.18. The zero-order valence-electron chi connectivity index (χ0n) is 8.41. The molecule has 3 heteroatoms. The molecule has 0 bridgehead atoms. The summed E-state index contributed by atoms with van der Waals surface area (Å²) < 4.78 is 10.4. The van der Waals surface area contributed by atoms with E-state index in [-0.39, 0.29) is 12.3 Å². The number of hydrogen-bond acceptors (Lipinski definition) is 3. The molecule has 1 saturated heterocycles. The molecule has 13 heavy (non-hydrogen) atoms. The van der Waals surface area contributed by atoms with Crippen LogP contribution in [0.1, 0.15) is 39.5 Å². The molecule has 0 spiro atoms. The van der Waals surface area contributed by atoms with Crippen LogP contribution in [-0.4, -0.2) is 18.9 Å². The van der Waals surface area contributed by atoms with Gasteiger partial charge in [-0.15, -0.1) is 0 Å². The van der Waals surface area contributed by atoms with E-state index in [9.17, 15) is 4.79 Å². The highest BCUT2D eigenvalue weighted by atomic mass is 16.7. The first-order chi connectivity index (χ1) is 6.18. The van der Waals surface area contributed by atoms with E-state index in [1.807, 2.05) is 13.8 Å². The number of rotatable bonds is 3. The third kappa shape index (κ3) is 4.27. The number of carbonyl (C=O) groups is 1. The minimum atomic E-state index is -0.278. The van der Waals surface area contributed by atoms with Crippen molar-refractivity contribution in [2.75, 3.05) is 6.61 Å². The van der Waals surface area contributed by atoms with Crippen molar-refractivity contribution in [2.24, 2.45) is 5.92 Å². The van der Waals surface area contributed by atoms with Gasteiger partial charge in [0.25, 0.3) is 0 Å². The lowest BCUT2D eigenvalue weighted by molar-refractivity contribution is -0.187. The lowest BCUT2D eigenvalue weighted by atomic mass is 10.1. The van der Waals surface area contributed by atoms with Crippen molar-refractivity contribution < 1.29 is 14.3 Å². The summed E-state index contributed by atoms with van der Waals surface area (Å²) in [6.45, 7) is 4.73. The Bertz CT molecular complexity index is 160. The average Bonchev–Trinajstić information content (AvgIpc) is 2.04. The number of hydrogen-bond donors (Lipinski definition) is 0. The molecule has 1 atom stereocenters. The maximum absolute atomic E-state index is 11.2. The molecule has 1 aliphatic rings. The molecule has 3 nitrogen and oxygen atoms in total. The molecular formula is C10H18O3. The van der Waals surface area contributed by atoms with Crippen LogP contribution in [0.2, 0.25) is 0 Å². The summed E-state index contributed by atoms with van der Waals surface area (Å²) in [6.07, 6.45) is 3.24. The maximum Gasteiger partial charge on any atom is 0.308 e. The van der Waals surface area contributed by atoms with Crippen molar-refractivity contribution in [2.45, 2.75) is 45.8 Å². The summed E-state index contributed by atoms with van der Waals surface area (Å²) in [5.41, 5.74) is 0. The Hall–Kier alpha value is -0.570. The van der Waals surface area contributed by atoms with Crippen molar-refractivity contribution in [1.82, 2.24) is 0 Å². The molecule has 0 aromatic carbocycles. The van der Waals surface area contributed by atoms with Gasteiger partial charge in [-0.25, -0.2) is 0 Å². The van der Waals surface area contributed by atoms with Gasteiger partial charge in [0.05, 0.1) is 6.61 Å². The fourth-order valence-electron chi connectivity index (χ4n) is 1.33. The van der Waals surface area contributed by atoms with Gasteiger partial charge >= 0.3 is 5.97 Å². The van der Waals surface area contributed by atoms with Crippen LogP contribution in [0.4, 0.5) is 0 Å². The Morgan fingerprint density at radius 3 is 2.85 bits per heavy atom. The lowest BCUT2D eigenvalue weighted by Gasteiger charge is -2.22. The summed E-state index contributed by atoms with van der Waals surface area (Å²) in [6, 6.07) is 0. The van der Waals surface area contributed by atoms with E-state index in [0.29, 0.717) is 12.3 Å². The Morgan fingerprint density at radius 1 is 1.54 bits per heavy atom. The van der Waals surface area contributed by atoms with E-state index in [0.717, 1.165) is 25.9 Å². The largest absolute Gasteiger partial charge is 0.436 e. The first-order valence-electron chi connectivity index (χ1n) is 4.99. The van der Waals surface area contributed by atoms with Gasteiger partial charge in [-0.1, -0.05) is 13.8 Å². The molecule has 1 aliphatic heterocycles. The summed E-state index contributed by atoms with van der Waals surface area (Å²) in [5.74, 6) is 0.220. The zero-order valence-corrected chi connectivity index (χ0v) is 8.41. The minimum Gasteiger partial charge on any atom is -0.436 e. The van der Waals surface area contributed by atoms with E-state index in [4.69, 9.17) is 9.47 Å². The zero-order chi connectivity index (χ0) is 9.68. The van der Waals surface area contributed by atoms with Gasteiger partial charge in [0.15, 0.2) is 0 Å². The van der Waals surface area contributed by atoms with Crippen molar-refractivity contribution >= 4 is 5.97 Å². The van der Waals surface area contributed by atoms with Crippen LogP contribution < -0.4 is 0 Å². The topological polar surface area (TPSA) is 35.5 Å². The van der Waals surface area contributed by atoms with E-state index in [1.165, 1.54) is 0 Å². The maximum atomic E-state index is 11.2. The summed E-state index contributed by atoms with van der Waals surface area (Å²) in [4.78, 5) is 11.2. The highest BCUT2D eigenvalue weighted by Crippen LogP contribution is 2.15. The van der Waals surface area contributed by atoms with E-state index >= 15 is 0 Å². The second-order valence-electron chi connectivity index (χ2n) is 3.88. The Labute approximate surface area is 79.4 Å². The predicted octanol–water partition coefficient (Wildman–Crippen LogP) is 2.10. The molecule has 1 unspecified atom stereocenters. The second-order valence-corrected chi connectivity index (χ2v) is 3.88. The molecule has 0 radical (unpaired) electrons. The highest BCUT2D eigenvalue weighted by molar-refractivity contribution is 5.69. The van der Waals surface area contributed by atoms with E-state index in [1.54, 1.807) is 0 Å². The van der Waals surface area contributed by atoms with E-state index in [2.05, 4.69) is 0 Å². The van der Waals surface area contributed by atoms with Gasteiger partial charge in [-0.05, 0) is 18.8 Å². The van der Waals surface area contributed by atoms with Crippen LogP contribution in [0.3, 0.4) is 0 Å². The molecule has 0 N–H and O–H groups in total. The van der Waals surface area contributed by atoms with Gasteiger partial charge in [0.2, 0.25) is 6.29 Å². The van der Waals surface area contributed by atoms with Gasteiger partial charge in [-0.3, -0.25) is 4.79 Å². The number of carbonyl (C=O) groups excluding carboxylic acids is 1. The molecule has 0 aliphatic carbocycles. The number of ether oxygens (including phenoxy) is 2. The number of esters is 1. The quantitative estimate of drug-likeness (QED) is 0.633. The fourth-order valence-corrected chi connectivity index (χ4v) is 1.33. The normalized spacial score (nSPS) is 23.2. The first-order valence-corrected chi connectivity index (χ1v) is 4.99. The van der Waals surface area contributed by atoms with Gasteiger partial charge in [0, 0.05) is 12.8 Å². The smallest absolute Gasteiger partial charge is 0.308 e. The van der Waals surface area contributed by atoms with Crippen molar-refractivity contribution in [3.05, 3.63) is 0 Å². The average molecular weight is 186 g/mol. The first kappa shape index (κ1) is 10.5. The van der Waals surface area contributed by atoms with Crippen LogP contribution in [0.25, 0.3) is 0 Å². The van der Waals surface area contributed by atoms with Crippen molar-refractivity contribution in [3.8, 4) is 0 Å². The summed E-state index contributed by atoms with van der Waals surface area (Å²) >= 11 is 0. The summed E-state index contributed by atoms with van der Waals surface area (Å²) in [7, 11) is 0. The van der Waals surface area contributed by atoms with Gasteiger partial charge in [0.1, 0.15) is 0 Å². The molecule has 0 aromatic rings. The van der Waals surface area contributed by atoms with Crippen LogP contribution in [-0.2, 0) is 14.3 Å². The molecule has 1 rings (SSSR count). The van der Waals surface area contributed by atoms with Gasteiger partial charge in [-0.2, -0.15) is 0 Å². The van der Waals surface area contributed by atoms with Crippen LogP contribution in [0, 0.1) is 5.92 Å². The Balaban J connectivity index is 2.18. The lowest BCUT2D eigenvalue weighted by Crippen LogP contribution is -2.25. The minimum absolute atomic E-state index is 0.137. The van der Waals surface area contributed by atoms with Gasteiger partial charge < -0.3 is 9.47 Å². The van der Waals surface area contributed by atoms with Crippen LogP contribution in [0.5, 0.6) is 0 Å². The molecule has 0 aromatic heterocycles. The fraction of sp³-hybridized carbons (Fsp3) is 0.900. The second kappa shape index (κ2) is 5.22. The van der Waals surface area contributed by atoms with Crippen LogP contribution >= 0.6 is 0 Å². The Kier molecular flexibility index (Phi) is 4.22. The predicted molar refractivity (Wildman–Crippen MR) is 49.1 cm³/mol. The standard InChI is InChI=1S/C10H18O3/c1-8(2)7-9(11)13-10-5-3-4-6-12-10/h8,10H,3-7H2,1-2H3.